The number of hydrogen-bond donors (Lipinski definition) is 2. The second-order valence-corrected chi connectivity index (χ2v) is 8.23. The van der Waals surface area contributed by atoms with Crippen LogP contribution in [0.5, 0.6) is 11.5 Å². The summed E-state index contributed by atoms with van der Waals surface area (Å²) in [6.45, 7) is 3.51. The van der Waals surface area contributed by atoms with E-state index in [2.05, 4.69) is 10.6 Å². The molecule has 0 saturated carbocycles. The Hall–Kier alpha value is -3.85. The number of benzene rings is 2. The topological polar surface area (TPSA) is 103 Å². The summed E-state index contributed by atoms with van der Waals surface area (Å²) in [5.74, 6) is -0.161. The molecule has 2 N–H and O–H groups in total. The molecule has 9 heteroatoms. The average molecular weight is 483 g/mol. The Labute approximate surface area is 201 Å². The van der Waals surface area contributed by atoms with E-state index in [-0.39, 0.29) is 34.4 Å². The molecule has 0 atom stereocenters. The SMILES string of the molecule is CCOC(=O)c1c(NC(=O)Cc2ccc(OC)cc2)sc(C(=O)Nc2ccccc2OC)c1C. The maximum atomic E-state index is 13.1. The highest BCUT2D eigenvalue weighted by Gasteiger charge is 2.27. The molecule has 2 amide bonds. The first kappa shape index (κ1) is 24.8. The summed E-state index contributed by atoms with van der Waals surface area (Å²) in [6, 6.07) is 14.1. The number of para-hydroxylation sites is 2. The largest absolute Gasteiger partial charge is 0.497 e. The van der Waals surface area contributed by atoms with Gasteiger partial charge in [-0.3, -0.25) is 9.59 Å². The van der Waals surface area contributed by atoms with E-state index in [1.165, 1.54) is 7.11 Å². The number of ether oxygens (including phenoxy) is 3. The summed E-state index contributed by atoms with van der Waals surface area (Å²) >= 11 is 1.02. The highest BCUT2D eigenvalue weighted by atomic mass is 32.1. The van der Waals surface area contributed by atoms with E-state index in [4.69, 9.17) is 14.2 Å². The number of nitrogens with one attached hydrogen (secondary N) is 2. The Bertz CT molecular complexity index is 1190. The van der Waals surface area contributed by atoms with Crippen LogP contribution in [0.2, 0.25) is 0 Å². The van der Waals surface area contributed by atoms with Gasteiger partial charge in [-0.15, -0.1) is 11.3 Å². The molecule has 2 aromatic carbocycles. The number of carbonyl (C=O) groups is 3. The van der Waals surface area contributed by atoms with Gasteiger partial charge in [0, 0.05) is 0 Å². The van der Waals surface area contributed by atoms with E-state index in [0.29, 0.717) is 22.7 Å². The van der Waals surface area contributed by atoms with Gasteiger partial charge in [0.05, 0.1) is 43.4 Å². The van der Waals surface area contributed by atoms with Gasteiger partial charge in [0.2, 0.25) is 5.91 Å². The molecule has 178 valence electrons. The van der Waals surface area contributed by atoms with Crippen molar-refractivity contribution in [2.24, 2.45) is 0 Å². The molecular weight excluding hydrogens is 456 g/mol. The lowest BCUT2D eigenvalue weighted by Crippen LogP contribution is -2.16. The van der Waals surface area contributed by atoms with Gasteiger partial charge >= 0.3 is 5.97 Å². The normalized spacial score (nSPS) is 10.4. The molecule has 3 aromatic rings. The maximum absolute atomic E-state index is 13.1. The van der Waals surface area contributed by atoms with Crippen molar-refractivity contribution >= 4 is 39.8 Å². The molecule has 0 fully saturated rings. The average Bonchev–Trinajstić information content (AvgIpc) is 3.15. The van der Waals surface area contributed by atoms with Crippen molar-refractivity contribution < 1.29 is 28.6 Å². The molecule has 0 unspecified atom stereocenters. The molecule has 1 heterocycles. The first-order valence-electron chi connectivity index (χ1n) is 10.6. The summed E-state index contributed by atoms with van der Waals surface area (Å²) in [7, 11) is 3.08. The van der Waals surface area contributed by atoms with Crippen LogP contribution in [0.4, 0.5) is 10.7 Å². The van der Waals surface area contributed by atoms with Crippen LogP contribution in [-0.2, 0) is 16.0 Å². The zero-order valence-corrected chi connectivity index (χ0v) is 20.2. The fraction of sp³-hybridized carbons (Fsp3) is 0.240. The number of anilines is 2. The predicted octanol–water partition coefficient (Wildman–Crippen LogP) is 4.68. The lowest BCUT2D eigenvalue weighted by molar-refractivity contribution is -0.115. The predicted molar refractivity (Wildman–Crippen MR) is 131 cm³/mol. The Morgan fingerprint density at radius 1 is 0.941 bits per heavy atom. The van der Waals surface area contributed by atoms with Crippen molar-refractivity contribution in [3.8, 4) is 11.5 Å². The molecule has 8 nitrogen and oxygen atoms in total. The highest BCUT2D eigenvalue weighted by molar-refractivity contribution is 7.19. The molecule has 34 heavy (non-hydrogen) atoms. The minimum Gasteiger partial charge on any atom is -0.497 e. The second kappa shape index (κ2) is 11.3. The van der Waals surface area contributed by atoms with Gasteiger partial charge in [-0.2, -0.15) is 0 Å². The summed E-state index contributed by atoms with van der Waals surface area (Å²) in [5.41, 5.74) is 1.86. The molecule has 1 aromatic heterocycles. The van der Waals surface area contributed by atoms with Crippen molar-refractivity contribution in [1.82, 2.24) is 0 Å². The number of thiophene rings is 1. The second-order valence-electron chi connectivity index (χ2n) is 7.21. The van der Waals surface area contributed by atoms with Gasteiger partial charge in [0.15, 0.2) is 0 Å². The zero-order chi connectivity index (χ0) is 24.7. The number of hydrogen-bond acceptors (Lipinski definition) is 7. The minimum absolute atomic E-state index is 0.0892. The van der Waals surface area contributed by atoms with Crippen molar-refractivity contribution in [2.45, 2.75) is 20.3 Å². The van der Waals surface area contributed by atoms with Crippen LogP contribution < -0.4 is 20.1 Å². The first-order chi connectivity index (χ1) is 16.4. The Kier molecular flexibility index (Phi) is 8.26. The summed E-state index contributed by atoms with van der Waals surface area (Å²) in [5, 5.41) is 5.84. The van der Waals surface area contributed by atoms with E-state index in [9.17, 15) is 14.4 Å². The number of esters is 1. The van der Waals surface area contributed by atoms with Crippen LogP contribution in [0.3, 0.4) is 0 Å². The molecule has 0 aliphatic carbocycles. The summed E-state index contributed by atoms with van der Waals surface area (Å²) in [6.07, 6.45) is 0.0892. The molecule has 0 radical (unpaired) electrons. The van der Waals surface area contributed by atoms with Crippen LogP contribution in [0.15, 0.2) is 48.5 Å². The fourth-order valence-corrected chi connectivity index (χ4v) is 4.40. The summed E-state index contributed by atoms with van der Waals surface area (Å²) < 4.78 is 15.6. The highest BCUT2D eigenvalue weighted by Crippen LogP contribution is 2.35. The quantitative estimate of drug-likeness (QED) is 0.429. The van der Waals surface area contributed by atoms with Gasteiger partial charge in [0.25, 0.3) is 5.91 Å². The molecule has 0 bridgehead atoms. The number of methoxy groups -OCH3 is 2. The Balaban J connectivity index is 1.86. The van der Waals surface area contributed by atoms with Crippen LogP contribution in [0, 0.1) is 6.92 Å². The molecular formula is C25H26N2O6S. The molecule has 0 spiro atoms. The zero-order valence-electron chi connectivity index (χ0n) is 19.4. The Morgan fingerprint density at radius 3 is 2.29 bits per heavy atom. The Morgan fingerprint density at radius 2 is 1.65 bits per heavy atom. The van der Waals surface area contributed by atoms with E-state index in [1.807, 2.05) is 0 Å². The van der Waals surface area contributed by atoms with Crippen LogP contribution in [0.25, 0.3) is 0 Å². The summed E-state index contributed by atoms with van der Waals surface area (Å²) in [4.78, 5) is 38.7. The number of rotatable bonds is 9. The lowest BCUT2D eigenvalue weighted by atomic mass is 10.1. The van der Waals surface area contributed by atoms with E-state index in [1.54, 1.807) is 69.5 Å². The van der Waals surface area contributed by atoms with Gasteiger partial charge in [0.1, 0.15) is 16.5 Å². The third-order valence-electron chi connectivity index (χ3n) is 4.96. The molecule has 0 aliphatic rings. The van der Waals surface area contributed by atoms with E-state index < -0.39 is 11.9 Å². The molecule has 0 aliphatic heterocycles. The number of carbonyl (C=O) groups excluding carboxylic acids is 3. The first-order valence-corrected chi connectivity index (χ1v) is 11.4. The van der Waals surface area contributed by atoms with Crippen LogP contribution in [0.1, 0.15) is 38.1 Å². The maximum Gasteiger partial charge on any atom is 0.341 e. The number of amides is 2. The van der Waals surface area contributed by atoms with Gasteiger partial charge in [-0.1, -0.05) is 24.3 Å². The minimum atomic E-state index is -0.604. The third kappa shape index (κ3) is 5.74. The van der Waals surface area contributed by atoms with Gasteiger partial charge < -0.3 is 24.8 Å². The standard InChI is InChI=1S/C25H26N2O6S/c1-5-33-25(30)21-15(2)22(23(29)26-18-8-6-7-9-19(18)32-4)34-24(21)27-20(28)14-16-10-12-17(31-3)13-11-16/h6-13H,5,14H2,1-4H3,(H,26,29)(H,27,28). The van der Waals surface area contributed by atoms with Gasteiger partial charge in [-0.05, 0) is 49.2 Å². The molecule has 3 rings (SSSR count). The van der Waals surface area contributed by atoms with Crippen molar-refractivity contribution in [1.29, 1.82) is 0 Å². The van der Waals surface area contributed by atoms with Crippen LogP contribution in [-0.4, -0.2) is 38.6 Å². The van der Waals surface area contributed by atoms with Crippen molar-refractivity contribution in [3.63, 3.8) is 0 Å². The van der Waals surface area contributed by atoms with Gasteiger partial charge in [-0.25, -0.2) is 4.79 Å². The van der Waals surface area contributed by atoms with Crippen LogP contribution >= 0.6 is 11.3 Å². The van der Waals surface area contributed by atoms with E-state index >= 15 is 0 Å². The third-order valence-corrected chi connectivity index (χ3v) is 6.17. The van der Waals surface area contributed by atoms with Crippen molar-refractivity contribution in [3.05, 3.63) is 70.1 Å². The van der Waals surface area contributed by atoms with Crippen molar-refractivity contribution in [2.75, 3.05) is 31.5 Å². The smallest absolute Gasteiger partial charge is 0.341 e. The monoisotopic (exact) mass is 482 g/mol. The fourth-order valence-electron chi connectivity index (χ4n) is 3.29. The lowest BCUT2D eigenvalue weighted by Gasteiger charge is -2.09. The van der Waals surface area contributed by atoms with E-state index in [0.717, 1.165) is 16.9 Å². The molecule has 0 saturated heterocycles.